The fourth-order valence-electron chi connectivity index (χ4n) is 4.79. The molecule has 0 unspecified atom stereocenters. The molecule has 2 aromatic carbocycles. The minimum atomic E-state index is -2.98. The summed E-state index contributed by atoms with van der Waals surface area (Å²) in [5.41, 5.74) is 0. The standard InChI is InChI=1S/C42H71O5PSi3/c1-17-37(46-50(13,14)41(5,6)7)39(44-32-26-33-45-49(11,12)40(2,3)4)38(47-51(15,16)42(8,9)10)31-24-25-34-48(43,35-27-20-18-21-28-35)36-29-22-19-23-30-36/h17-23,27-30,37-39H,1,26,31-34H2,2-16H3/t37-,38-,39+/m1/s1. The average molecular weight is 771 g/mol. The highest BCUT2D eigenvalue weighted by atomic mass is 31.2. The molecule has 3 atom stereocenters. The highest BCUT2D eigenvalue weighted by Gasteiger charge is 2.45. The van der Waals surface area contributed by atoms with E-state index in [0.717, 1.165) is 17.0 Å². The minimum Gasteiger partial charge on any atom is -0.417 e. The molecule has 0 saturated carbocycles. The first-order valence-electron chi connectivity index (χ1n) is 18.7. The van der Waals surface area contributed by atoms with Gasteiger partial charge in [0.25, 0.3) is 0 Å². The fraction of sp³-hybridized carbons (Fsp3) is 0.619. The van der Waals surface area contributed by atoms with Gasteiger partial charge in [0.2, 0.25) is 0 Å². The normalized spacial score (nSPS) is 15.4. The lowest BCUT2D eigenvalue weighted by Crippen LogP contribution is -2.53. The number of benzene rings is 2. The highest BCUT2D eigenvalue weighted by molar-refractivity contribution is 7.78. The van der Waals surface area contributed by atoms with Crippen LogP contribution in [0.3, 0.4) is 0 Å². The van der Waals surface area contributed by atoms with Crippen LogP contribution < -0.4 is 10.6 Å². The van der Waals surface area contributed by atoms with Crippen LogP contribution in [0.5, 0.6) is 0 Å². The van der Waals surface area contributed by atoms with Gasteiger partial charge in [-0.1, -0.05) is 135 Å². The molecule has 5 nitrogen and oxygen atoms in total. The molecule has 2 aromatic rings. The van der Waals surface area contributed by atoms with E-state index in [0.29, 0.717) is 19.6 Å². The van der Waals surface area contributed by atoms with Gasteiger partial charge in [-0.15, -0.1) is 12.5 Å². The van der Waals surface area contributed by atoms with Crippen molar-refractivity contribution in [3.05, 3.63) is 73.3 Å². The molecule has 0 aliphatic carbocycles. The molecule has 0 heterocycles. The molecule has 51 heavy (non-hydrogen) atoms. The maximum absolute atomic E-state index is 14.7. The van der Waals surface area contributed by atoms with E-state index in [2.05, 4.69) is 120 Å². The third-order valence-corrected chi connectivity index (χ3v) is 27.7. The maximum Gasteiger partial charge on any atom is 0.193 e. The number of hydrogen-bond acceptors (Lipinski definition) is 5. The van der Waals surface area contributed by atoms with E-state index in [1.807, 2.05) is 66.7 Å². The lowest BCUT2D eigenvalue weighted by Gasteiger charge is -2.45. The zero-order chi connectivity index (χ0) is 38.9. The van der Waals surface area contributed by atoms with E-state index < -0.39 is 38.2 Å². The van der Waals surface area contributed by atoms with E-state index in [4.69, 9.17) is 18.0 Å². The Labute approximate surface area is 316 Å². The summed E-state index contributed by atoms with van der Waals surface area (Å²) in [6, 6.07) is 19.5. The molecular formula is C42H71O5PSi3. The Bertz CT molecular complexity index is 1430. The molecule has 0 bridgehead atoms. The van der Waals surface area contributed by atoms with Crippen LogP contribution in [0.4, 0.5) is 0 Å². The lowest BCUT2D eigenvalue weighted by molar-refractivity contribution is -0.0769. The molecule has 0 amide bonds. The molecule has 0 spiro atoms. The van der Waals surface area contributed by atoms with Crippen LogP contribution in [0.1, 0.15) is 75.2 Å². The predicted molar refractivity (Wildman–Crippen MR) is 229 cm³/mol. The summed E-state index contributed by atoms with van der Waals surface area (Å²) in [5.74, 6) is 6.81. The Hall–Kier alpha value is -1.54. The third kappa shape index (κ3) is 12.8. The second-order valence-electron chi connectivity index (χ2n) is 18.4. The summed E-state index contributed by atoms with van der Waals surface area (Å²) in [6.07, 6.45) is 2.14. The first-order valence-corrected chi connectivity index (χ1v) is 29.3. The van der Waals surface area contributed by atoms with E-state index >= 15 is 0 Å². The molecular weight excluding hydrogens is 700 g/mol. The lowest BCUT2D eigenvalue weighted by atomic mass is 10.1. The molecule has 0 saturated heterocycles. The number of rotatable bonds is 17. The average Bonchev–Trinajstić information content (AvgIpc) is 3.02. The molecule has 0 radical (unpaired) electrons. The summed E-state index contributed by atoms with van der Waals surface area (Å²) >= 11 is 0. The summed E-state index contributed by atoms with van der Waals surface area (Å²) in [6.45, 7) is 39.4. The summed E-state index contributed by atoms with van der Waals surface area (Å²) in [4.78, 5) is 0. The van der Waals surface area contributed by atoms with E-state index in [1.54, 1.807) is 0 Å². The van der Waals surface area contributed by atoms with Gasteiger partial charge >= 0.3 is 0 Å². The first-order chi connectivity index (χ1) is 23.3. The van der Waals surface area contributed by atoms with Gasteiger partial charge in [0, 0.05) is 30.2 Å². The summed E-state index contributed by atoms with van der Waals surface area (Å²) in [7, 11) is -9.36. The zero-order valence-electron chi connectivity index (χ0n) is 34.8. The van der Waals surface area contributed by atoms with Crippen molar-refractivity contribution >= 4 is 42.7 Å². The number of ether oxygens (including phenoxy) is 1. The van der Waals surface area contributed by atoms with Crippen LogP contribution in [0.25, 0.3) is 0 Å². The Balaban J connectivity index is 2.53. The summed E-state index contributed by atoms with van der Waals surface area (Å²) < 4.78 is 42.3. The molecule has 0 aromatic heterocycles. The Kier molecular flexibility index (Phi) is 16.3. The second-order valence-corrected chi connectivity index (χ2v) is 35.6. The van der Waals surface area contributed by atoms with Crippen molar-refractivity contribution in [2.45, 2.75) is 148 Å². The second kappa shape index (κ2) is 18.2. The van der Waals surface area contributed by atoms with Crippen LogP contribution in [0.2, 0.25) is 54.4 Å². The minimum absolute atomic E-state index is 0.00143. The van der Waals surface area contributed by atoms with Crippen LogP contribution >= 0.6 is 7.14 Å². The molecule has 0 aliphatic rings. The van der Waals surface area contributed by atoms with Crippen LogP contribution in [-0.4, -0.2) is 62.6 Å². The SMILES string of the molecule is C=C[C@@H](O[Si](C)(C)C(C)(C)C)[C@H](OCCCO[Si](C)(C)C(C)(C)C)[C@@H](CC#CCP(=O)(c1ccccc1)c1ccccc1)O[Si](C)(C)C(C)(C)C. The quantitative estimate of drug-likeness (QED) is 0.0527. The molecule has 2 rings (SSSR count). The van der Waals surface area contributed by atoms with Gasteiger partial charge < -0.3 is 22.6 Å². The molecule has 0 fully saturated rings. The van der Waals surface area contributed by atoms with Crippen LogP contribution in [0.15, 0.2) is 73.3 Å². The van der Waals surface area contributed by atoms with Gasteiger partial charge in [-0.05, 0) is 60.8 Å². The maximum atomic E-state index is 14.7. The Morgan fingerprint density at radius 1 is 0.686 bits per heavy atom. The Morgan fingerprint density at radius 2 is 1.14 bits per heavy atom. The largest absolute Gasteiger partial charge is 0.417 e. The molecule has 9 heteroatoms. The zero-order valence-corrected chi connectivity index (χ0v) is 38.7. The van der Waals surface area contributed by atoms with Gasteiger partial charge in [-0.2, -0.15) is 0 Å². The smallest absolute Gasteiger partial charge is 0.193 e. The monoisotopic (exact) mass is 770 g/mol. The van der Waals surface area contributed by atoms with Crippen LogP contribution in [-0.2, 0) is 22.6 Å². The fourth-order valence-corrected chi connectivity index (χ4v) is 10.8. The molecule has 0 aliphatic heterocycles. The Morgan fingerprint density at radius 3 is 1.57 bits per heavy atom. The van der Waals surface area contributed by atoms with Crippen LogP contribution in [0, 0.1) is 11.8 Å². The van der Waals surface area contributed by atoms with Crippen molar-refractivity contribution in [1.82, 2.24) is 0 Å². The molecule has 286 valence electrons. The first kappa shape index (κ1) is 45.6. The van der Waals surface area contributed by atoms with E-state index in [1.165, 1.54) is 0 Å². The van der Waals surface area contributed by atoms with E-state index in [-0.39, 0.29) is 33.5 Å². The number of hydrogen-bond donors (Lipinski definition) is 0. The van der Waals surface area contributed by atoms with Crippen molar-refractivity contribution in [1.29, 1.82) is 0 Å². The van der Waals surface area contributed by atoms with Crippen molar-refractivity contribution < 1.29 is 22.6 Å². The van der Waals surface area contributed by atoms with Gasteiger partial charge in [-0.3, -0.25) is 0 Å². The van der Waals surface area contributed by atoms with Gasteiger partial charge in [0.05, 0.1) is 18.4 Å². The van der Waals surface area contributed by atoms with Gasteiger partial charge in [-0.25, -0.2) is 0 Å². The highest BCUT2D eigenvalue weighted by Crippen LogP contribution is 2.43. The summed E-state index contributed by atoms with van der Waals surface area (Å²) in [5, 5.41) is 1.75. The van der Waals surface area contributed by atoms with Gasteiger partial charge in [0.1, 0.15) is 6.10 Å². The van der Waals surface area contributed by atoms with Gasteiger partial charge in [0.15, 0.2) is 32.1 Å². The van der Waals surface area contributed by atoms with Crippen molar-refractivity contribution in [2.24, 2.45) is 0 Å². The third-order valence-electron chi connectivity index (χ3n) is 11.4. The van der Waals surface area contributed by atoms with Crippen molar-refractivity contribution in [3.8, 4) is 11.8 Å². The van der Waals surface area contributed by atoms with Crippen molar-refractivity contribution in [2.75, 3.05) is 19.4 Å². The predicted octanol–water partition coefficient (Wildman–Crippen LogP) is 11.2. The van der Waals surface area contributed by atoms with E-state index in [9.17, 15) is 4.57 Å². The molecule has 0 N–H and O–H groups in total. The topological polar surface area (TPSA) is 54.0 Å². The van der Waals surface area contributed by atoms with Crippen molar-refractivity contribution in [3.63, 3.8) is 0 Å².